The van der Waals surface area contributed by atoms with E-state index in [0.29, 0.717) is 5.92 Å². The molecule has 3 nitrogen and oxygen atoms in total. The summed E-state index contributed by atoms with van der Waals surface area (Å²) in [6, 6.07) is 10.7. The lowest BCUT2D eigenvalue weighted by Crippen LogP contribution is -2.35. The Morgan fingerprint density at radius 2 is 1.94 bits per heavy atom. The molecule has 1 aliphatic heterocycles. The Bertz CT molecular complexity index is 356. The molecule has 18 heavy (non-hydrogen) atoms. The largest absolute Gasteiger partial charge is 0.411 e. The molecule has 2 rings (SSSR count). The van der Waals surface area contributed by atoms with Gasteiger partial charge in [0.05, 0.1) is 0 Å². The fourth-order valence-electron chi connectivity index (χ4n) is 2.57. The van der Waals surface area contributed by atoms with Crippen molar-refractivity contribution in [2.24, 2.45) is 11.1 Å². The van der Waals surface area contributed by atoms with Crippen LogP contribution in [0.2, 0.25) is 0 Å². The fraction of sp³-hybridized carbons (Fsp3) is 0.533. The molecule has 3 heteroatoms. The Morgan fingerprint density at radius 1 is 1.22 bits per heavy atom. The SMILES string of the molecule is ON=CC1CCN(CCCc2ccccc2)CC1. The second-order valence-corrected chi connectivity index (χ2v) is 5.03. The lowest BCUT2D eigenvalue weighted by Gasteiger charge is -2.29. The molecule has 0 aromatic heterocycles. The van der Waals surface area contributed by atoms with Crippen LogP contribution < -0.4 is 0 Å². The molecule has 0 atom stereocenters. The first-order valence-corrected chi connectivity index (χ1v) is 6.82. The van der Waals surface area contributed by atoms with Crippen LogP contribution >= 0.6 is 0 Å². The minimum Gasteiger partial charge on any atom is -0.411 e. The monoisotopic (exact) mass is 246 g/mol. The van der Waals surface area contributed by atoms with Gasteiger partial charge >= 0.3 is 0 Å². The van der Waals surface area contributed by atoms with Crippen molar-refractivity contribution >= 4 is 6.21 Å². The van der Waals surface area contributed by atoms with Crippen molar-refractivity contribution in [3.8, 4) is 0 Å². The maximum absolute atomic E-state index is 8.51. The summed E-state index contributed by atoms with van der Waals surface area (Å²) in [7, 11) is 0. The smallest absolute Gasteiger partial charge is 0.0467 e. The minimum atomic E-state index is 0.473. The van der Waals surface area contributed by atoms with Crippen LogP contribution in [0.3, 0.4) is 0 Å². The molecule has 1 saturated heterocycles. The van der Waals surface area contributed by atoms with E-state index in [-0.39, 0.29) is 0 Å². The zero-order valence-electron chi connectivity index (χ0n) is 10.8. The van der Waals surface area contributed by atoms with Gasteiger partial charge in [-0.1, -0.05) is 30.3 Å². The lowest BCUT2D eigenvalue weighted by molar-refractivity contribution is 0.206. The molecule has 1 N–H and O–H groups in total. The van der Waals surface area contributed by atoms with Crippen LogP contribution in [-0.4, -0.2) is 36.0 Å². The normalized spacial score (nSPS) is 18.4. The van der Waals surface area contributed by atoms with E-state index in [9.17, 15) is 0 Å². The van der Waals surface area contributed by atoms with Crippen molar-refractivity contribution in [2.75, 3.05) is 19.6 Å². The maximum atomic E-state index is 8.51. The third-order valence-electron chi connectivity index (χ3n) is 3.69. The van der Waals surface area contributed by atoms with Crippen molar-refractivity contribution in [1.29, 1.82) is 0 Å². The van der Waals surface area contributed by atoms with Crippen molar-refractivity contribution in [2.45, 2.75) is 25.7 Å². The average Bonchev–Trinajstić information content (AvgIpc) is 2.42. The second-order valence-electron chi connectivity index (χ2n) is 5.03. The molecule has 0 spiro atoms. The Hall–Kier alpha value is -1.35. The minimum absolute atomic E-state index is 0.473. The van der Waals surface area contributed by atoms with Gasteiger partial charge in [0.25, 0.3) is 0 Å². The third kappa shape index (κ3) is 4.15. The third-order valence-corrected chi connectivity index (χ3v) is 3.69. The molecular formula is C15H22N2O. The number of hydrogen-bond donors (Lipinski definition) is 1. The Balaban J connectivity index is 1.64. The van der Waals surface area contributed by atoms with Gasteiger partial charge in [0.15, 0.2) is 0 Å². The number of nitrogens with zero attached hydrogens (tertiary/aromatic N) is 2. The molecule has 1 fully saturated rings. The number of piperidine rings is 1. The van der Waals surface area contributed by atoms with E-state index in [1.807, 2.05) is 0 Å². The van der Waals surface area contributed by atoms with E-state index in [1.165, 1.54) is 24.9 Å². The summed E-state index contributed by atoms with van der Waals surface area (Å²) >= 11 is 0. The first-order chi connectivity index (χ1) is 8.88. The highest BCUT2D eigenvalue weighted by Gasteiger charge is 2.17. The van der Waals surface area contributed by atoms with Gasteiger partial charge in [-0.15, -0.1) is 5.16 Å². The Morgan fingerprint density at radius 3 is 2.61 bits per heavy atom. The molecule has 0 radical (unpaired) electrons. The highest BCUT2D eigenvalue weighted by atomic mass is 16.4. The molecule has 0 unspecified atom stereocenters. The number of hydrogen-bond acceptors (Lipinski definition) is 3. The number of likely N-dealkylation sites (tertiary alicyclic amines) is 1. The van der Waals surface area contributed by atoms with E-state index in [0.717, 1.165) is 25.9 Å². The lowest BCUT2D eigenvalue weighted by atomic mass is 9.98. The molecule has 0 bridgehead atoms. The number of aryl methyl sites for hydroxylation is 1. The van der Waals surface area contributed by atoms with Crippen molar-refractivity contribution in [3.63, 3.8) is 0 Å². The predicted octanol–water partition coefficient (Wildman–Crippen LogP) is 2.79. The fourth-order valence-corrected chi connectivity index (χ4v) is 2.57. The highest BCUT2D eigenvalue weighted by molar-refractivity contribution is 5.59. The van der Waals surface area contributed by atoms with Gasteiger partial charge in [-0.25, -0.2) is 0 Å². The first kappa shape index (κ1) is 13.1. The maximum Gasteiger partial charge on any atom is 0.0467 e. The van der Waals surface area contributed by atoms with Crippen LogP contribution in [0.4, 0.5) is 0 Å². The molecular weight excluding hydrogens is 224 g/mol. The second kappa shape index (κ2) is 7.17. The van der Waals surface area contributed by atoms with E-state index < -0.39 is 0 Å². The summed E-state index contributed by atoms with van der Waals surface area (Å²) in [4.78, 5) is 2.52. The van der Waals surface area contributed by atoms with Crippen LogP contribution in [0, 0.1) is 5.92 Å². The zero-order valence-corrected chi connectivity index (χ0v) is 10.8. The summed E-state index contributed by atoms with van der Waals surface area (Å²) < 4.78 is 0. The van der Waals surface area contributed by atoms with Gasteiger partial charge in [0, 0.05) is 6.21 Å². The van der Waals surface area contributed by atoms with Crippen LogP contribution in [0.5, 0.6) is 0 Å². The summed E-state index contributed by atoms with van der Waals surface area (Å²) in [6.45, 7) is 3.44. The van der Waals surface area contributed by atoms with Gasteiger partial charge in [0.2, 0.25) is 0 Å². The molecule has 1 aliphatic rings. The summed E-state index contributed by atoms with van der Waals surface area (Å²) in [5.74, 6) is 0.473. The van der Waals surface area contributed by atoms with Crippen LogP contribution in [0.25, 0.3) is 0 Å². The average molecular weight is 246 g/mol. The van der Waals surface area contributed by atoms with Gasteiger partial charge in [-0.05, 0) is 56.8 Å². The van der Waals surface area contributed by atoms with E-state index >= 15 is 0 Å². The molecule has 1 aromatic rings. The van der Waals surface area contributed by atoms with Crippen molar-refractivity contribution in [1.82, 2.24) is 4.90 Å². The molecule has 98 valence electrons. The summed E-state index contributed by atoms with van der Waals surface area (Å²) in [5, 5.41) is 11.7. The topological polar surface area (TPSA) is 35.8 Å². The number of rotatable bonds is 5. The van der Waals surface area contributed by atoms with E-state index in [1.54, 1.807) is 6.21 Å². The van der Waals surface area contributed by atoms with Gasteiger partial charge in [-0.3, -0.25) is 0 Å². The predicted molar refractivity (Wildman–Crippen MR) is 74.2 cm³/mol. The van der Waals surface area contributed by atoms with Crippen molar-refractivity contribution in [3.05, 3.63) is 35.9 Å². The Kier molecular flexibility index (Phi) is 5.21. The number of benzene rings is 1. The van der Waals surface area contributed by atoms with Gasteiger partial charge in [0.1, 0.15) is 0 Å². The van der Waals surface area contributed by atoms with Crippen molar-refractivity contribution < 1.29 is 5.21 Å². The Labute approximate surface area is 109 Å². The van der Waals surface area contributed by atoms with E-state index in [4.69, 9.17) is 5.21 Å². The van der Waals surface area contributed by atoms with Crippen LogP contribution in [0.15, 0.2) is 35.5 Å². The zero-order chi connectivity index (χ0) is 12.6. The molecule has 1 heterocycles. The van der Waals surface area contributed by atoms with Gasteiger partial charge in [-0.2, -0.15) is 0 Å². The molecule has 1 aromatic carbocycles. The molecule has 0 amide bonds. The molecule has 0 saturated carbocycles. The standard InChI is InChI=1S/C15H22N2O/c18-16-13-15-8-11-17(12-9-15)10-4-7-14-5-2-1-3-6-14/h1-3,5-6,13,15,18H,4,7-12H2. The first-order valence-electron chi connectivity index (χ1n) is 6.82. The van der Waals surface area contributed by atoms with E-state index in [2.05, 4.69) is 40.4 Å². The quantitative estimate of drug-likeness (QED) is 0.492. The van der Waals surface area contributed by atoms with Gasteiger partial charge < -0.3 is 10.1 Å². The molecule has 0 aliphatic carbocycles. The summed E-state index contributed by atoms with van der Waals surface area (Å²) in [5.41, 5.74) is 1.43. The number of oxime groups is 1. The summed E-state index contributed by atoms with van der Waals surface area (Å²) in [6.07, 6.45) is 6.31. The highest BCUT2D eigenvalue weighted by Crippen LogP contribution is 2.15. The van der Waals surface area contributed by atoms with Crippen LogP contribution in [0.1, 0.15) is 24.8 Å². The van der Waals surface area contributed by atoms with Crippen LogP contribution in [-0.2, 0) is 6.42 Å².